The van der Waals surface area contributed by atoms with Crippen LogP contribution in [0.5, 0.6) is 11.5 Å². The molecule has 0 saturated carbocycles. The van der Waals surface area contributed by atoms with Crippen LogP contribution in [0, 0.1) is 0 Å². The van der Waals surface area contributed by atoms with E-state index in [1.807, 2.05) is 14.2 Å². The quantitative estimate of drug-likeness (QED) is 0.478. The SMILES string of the molecule is COc1cccc(P2[C@@H](C)CC[C@@H]2C)c1-c1c(OC)cccc1P1[C@@H](C)CC[C@@H]1C. The summed E-state index contributed by atoms with van der Waals surface area (Å²) in [5.74, 6) is 2.00. The molecular formula is C26H36O2P2. The lowest BCUT2D eigenvalue weighted by atomic mass is 10.0. The summed E-state index contributed by atoms with van der Waals surface area (Å²) in [4.78, 5) is 0. The summed E-state index contributed by atoms with van der Waals surface area (Å²) in [6, 6.07) is 13.4. The zero-order chi connectivity index (χ0) is 21.4. The minimum absolute atomic E-state index is 0.221. The fourth-order valence-corrected chi connectivity index (χ4v) is 12.5. The van der Waals surface area contributed by atoms with Crippen molar-refractivity contribution in [2.75, 3.05) is 14.2 Å². The molecule has 4 rings (SSSR count). The summed E-state index contributed by atoms with van der Waals surface area (Å²) in [5.41, 5.74) is 5.66. The molecule has 0 radical (unpaired) electrons. The van der Waals surface area contributed by atoms with Crippen molar-refractivity contribution < 1.29 is 9.47 Å². The molecule has 0 aliphatic carbocycles. The number of hydrogen-bond acceptors (Lipinski definition) is 2. The van der Waals surface area contributed by atoms with Crippen molar-refractivity contribution in [2.24, 2.45) is 0 Å². The van der Waals surface area contributed by atoms with Crippen LogP contribution >= 0.6 is 15.8 Å². The number of ether oxygens (including phenoxy) is 2. The maximum absolute atomic E-state index is 6.00. The summed E-state index contributed by atoms with van der Waals surface area (Å²) >= 11 is 0. The van der Waals surface area contributed by atoms with Crippen LogP contribution in [-0.4, -0.2) is 36.9 Å². The molecule has 0 unspecified atom stereocenters. The van der Waals surface area contributed by atoms with Gasteiger partial charge in [0.05, 0.1) is 14.2 Å². The molecule has 0 amide bonds. The Labute approximate surface area is 185 Å². The largest absolute Gasteiger partial charge is 0.496 e. The highest BCUT2D eigenvalue weighted by atomic mass is 31.1. The van der Waals surface area contributed by atoms with Crippen LogP contribution < -0.4 is 20.1 Å². The lowest BCUT2D eigenvalue weighted by molar-refractivity contribution is 0.411. The highest BCUT2D eigenvalue weighted by Gasteiger charge is 2.37. The van der Waals surface area contributed by atoms with Crippen LogP contribution in [0.1, 0.15) is 53.4 Å². The molecule has 2 aromatic carbocycles. The maximum Gasteiger partial charge on any atom is 0.127 e. The highest BCUT2D eigenvalue weighted by Crippen LogP contribution is 2.59. The fraction of sp³-hybridized carbons (Fsp3) is 0.538. The summed E-state index contributed by atoms with van der Waals surface area (Å²) in [7, 11) is 3.19. The van der Waals surface area contributed by atoms with Crippen molar-refractivity contribution in [1.82, 2.24) is 0 Å². The third-order valence-electron chi connectivity index (χ3n) is 7.16. The number of hydrogen-bond donors (Lipinski definition) is 0. The molecule has 30 heavy (non-hydrogen) atoms. The van der Waals surface area contributed by atoms with Crippen molar-refractivity contribution in [2.45, 2.75) is 76.0 Å². The van der Waals surface area contributed by atoms with E-state index < -0.39 is 0 Å². The van der Waals surface area contributed by atoms with Gasteiger partial charge >= 0.3 is 0 Å². The van der Waals surface area contributed by atoms with E-state index in [9.17, 15) is 0 Å². The van der Waals surface area contributed by atoms with E-state index in [2.05, 4.69) is 64.1 Å². The fourth-order valence-electron chi connectivity index (χ4n) is 5.65. The molecular weight excluding hydrogens is 406 g/mol. The Balaban J connectivity index is 1.99. The molecule has 2 fully saturated rings. The molecule has 2 aliphatic heterocycles. The first-order chi connectivity index (χ1) is 14.5. The molecule has 2 heterocycles. The summed E-state index contributed by atoms with van der Waals surface area (Å²) in [5, 5.41) is 3.03. The van der Waals surface area contributed by atoms with Gasteiger partial charge in [-0.25, -0.2) is 0 Å². The summed E-state index contributed by atoms with van der Waals surface area (Å²) < 4.78 is 12.0. The summed E-state index contributed by atoms with van der Waals surface area (Å²) in [6.45, 7) is 9.80. The first-order valence-corrected chi connectivity index (χ1v) is 14.3. The number of methoxy groups -OCH3 is 2. The van der Waals surface area contributed by atoms with E-state index >= 15 is 0 Å². The first kappa shape index (κ1) is 22.1. The zero-order valence-corrected chi connectivity index (χ0v) is 21.1. The third kappa shape index (κ3) is 3.80. The van der Waals surface area contributed by atoms with Gasteiger partial charge in [0.2, 0.25) is 0 Å². The standard InChI is InChI=1S/C26H36O2P2/c1-17-13-14-18(2)29(17)23-11-7-9-21(27-5)25(23)26-22(28-6)10-8-12-24(26)30-19(3)15-16-20(30)4/h7-12,17-20H,13-16H2,1-6H3/t17-,18-,19-,20-/m0/s1. The topological polar surface area (TPSA) is 18.5 Å². The van der Waals surface area contributed by atoms with E-state index in [1.54, 1.807) is 0 Å². The maximum atomic E-state index is 6.00. The Morgan fingerprint density at radius 2 is 0.933 bits per heavy atom. The lowest BCUT2D eigenvalue weighted by Gasteiger charge is -2.30. The van der Waals surface area contributed by atoms with E-state index in [-0.39, 0.29) is 15.8 Å². The van der Waals surface area contributed by atoms with Crippen LogP contribution in [0.25, 0.3) is 11.1 Å². The second-order valence-electron chi connectivity index (χ2n) is 9.07. The number of rotatable bonds is 5. The van der Waals surface area contributed by atoms with E-state index in [1.165, 1.54) is 47.4 Å². The van der Waals surface area contributed by atoms with Crippen LogP contribution in [0.3, 0.4) is 0 Å². The van der Waals surface area contributed by atoms with Gasteiger partial charge in [-0.1, -0.05) is 67.8 Å². The van der Waals surface area contributed by atoms with Crippen molar-refractivity contribution in [1.29, 1.82) is 0 Å². The van der Waals surface area contributed by atoms with Crippen molar-refractivity contribution >= 4 is 26.5 Å². The smallest absolute Gasteiger partial charge is 0.127 e. The average Bonchev–Trinajstić information content (AvgIpc) is 3.26. The molecule has 2 aromatic rings. The molecule has 4 heteroatoms. The molecule has 4 atom stereocenters. The molecule has 162 valence electrons. The molecule has 0 N–H and O–H groups in total. The zero-order valence-electron chi connectivity index (χ0n) is 19.3. The van der Waals surface area contributed by atoms with E-state index in [4.69, 9.17) is 9.47 Å². The van der Waals surface area contributed by atoms with Crippen LogP contribution in [0.15, 0.2) is 36.4 Å². The van der Waals surface area contributed by atoms with Crippen LogP contribution in [0.4, 0.5) is 0 Å². The van der Waals surface area contributed by atoms with Crippen molar-refractivity contribution in [3.05, 3.63) is 36.4 Å². The normalized spacial score (nSPS) is 27.5. The van der Waals surface area contributed by atoms with E-state index in [0.29, 0.717) is 0 Å². The Morgan fingerprint density at radius 3 is 1.23 bits per heavy atom. The van der Waals surface area contributed by atoms with Gasteiger partial charge < -0.3 is 9.47 Å². The van der Waals surface area contributed by atoms with Gasteiger partial charge in [0, 0.05) is 11.1 Å². The highest BCUT2D eigenvalue weighted by molar-refractivity contribution is 7.68. The van der Waals surface area contributed by atoms with Crippen LogP contribution in [0.2, 0.25) is 0 Å². The second kappa shape index (κ2) is 9.18. The van der Waals surface area contributed by atoms with Gasteiger partial charge in [-0.05, 0) is 71.1 Å². The van der Waals surface area contributed by atoms with Gasteiger partial charge in [-0.3, -0.25) is 0 Å². The molecule has 2 aliphatic rings. The predicted octanol–water partition coefficient (Wildman–Crippen LogP) is 6.73. The molecule has 2 nitrogen and oxygen atoms in total. The number of benzene rings is 2. The van der Waals surface area contributed by atoms with Gasteiger partial charge in [-0.15, -0.1) is 0 Å². The van der Waals surface area contributed by atoms with Gasteiger partial charge in [0.15, 0.2) is 0 Å². The molecule has 0 bridgehead atoms. The Morgan fingerprint density at radius 1 is 0.600 bits per heavy atom. The van der Waals surface area contributed by atoms with Crippen molar-refractivity contribution in [3.63, 3.8) is 0 Å². The summed E-state index contributed by atoms with van der Waals surface area (Å²) in [6.07, 6.45) is 5.35. The Bertz CT molecular complexity index is 803. The van der Waals surface area contributed by atoms with E-state index in [0.717, 1.165) is 34.1 Å². The first-order valence-electron chi connectivity index (χ1n) is 11.4. The van der Waals surface area contributed by atoms with Gasteiger partial charge in [0.1, 0.15) is 11.5 Å². The molecule has 0 spiro atoms. The van der Waals surface area contributed by atoms with Gasteiger partial charge in [-0.2, -0.15) is 0 Å². The minimum Gasteiger partial charge on any atom is -0.496 e. The average molecular weight is 443 g/mol. The molecule has 2 saturated heterocycles. The Kier molecular flexibility index (Phi) is 6.76. The molecule has 0 aromatic heterocycles. The lowest BCUT2D eigenvalue weighted by Crippen LogP contribution is -2.20. The monoisotopic (exact) mass is 442 g/mol. The third-order valence-corrected chi connectivity index (χ3v) is 13.8. The Hall–Kier alpha value is -1.10. The second-order valence-corrected chi connectivity index (χ2v) is 15.2. The van der Waals surface area contributed by atoms with Gasteiger partial charge in [0.25, 0.3) is 0 Å². The minimum atomic E-state index is -0.221. The van der Waals surface area contributed by atoms with Crippen molar-refractivity contribution in [3.8, 4) is 22.6 Å². The van der Waals surface area contributed by atoms with Crippen LogP contribution in [-0.2, 0) is 0 Å². The predicted molar refractivity (Wildman–Crippen MR) is 134 cm³/mol.